The molecule has 1 amide bonds. The Balaban J connectivity index is 1.01. The molecule has 0 radical (unpaired) electrons. The highest BCUT2D eigenvalue weighted by Crippen LogP contribution is 2.67. The van der Waals surface area contributed by atoms with E-state index >= 15 is 0 Å². The Morgan fingerprint density at radius 3 is 2.13 bits per heavy atom. The van der Waals surface area contributed by atoms with E-state index in [4.69, 9.17) is 33.3 Å². The van der Waals surface area contributed by atoms with Gasteiger partial charge >= 0.3 is 0 Å². The summed E-state index contributed by atoms with van der Waals surface area (Å²) in [5, 5.41) is 14.2. The number of hydrogen-bond acceptors (Lipinski definition) is 10. The number of nitrogens with zero attached hydrogens (tertiary/aromatic N) is 4. The Bertz CT molecular complexity index is 2400. The second-order valence-corrected chi connectivity index (χ2v) is 25.8. The summed E-state index contributed by atoms with van der Waals surface area (Å²) in [6.45, 7) is 21.6. The van der Waals surface area contributed by atoms with E-state index in [2.05, 4.69) is 91.3 Å². The van der Waals surface area contributed by atoms with Crippen molar-refractivity contribution in [3.8, 4) is 17.6 Å². The van der Waals surface area contributed by atoms with E-state index < -0.39 is 14.1 Å². The summed E-state index contributed by atoms with van der Waals surface area (Å²) in [6, 6.07) is 28.3. The first-order chi connectivity index (χ1) is 36.6. The molecule has 0 aromatic heterocycles. The van der Waals surface area contributed by atoms with E-state index in [0.717, 1.165) is 88.7 Å². The van der Waals surface area contributed by atoms with Gasteiger partial charge in [0, 0.05) is 25.0 Å². The highest BCUT2D eigenvalue weighted by atomic mass is 31.2. The summed E-state index contributed by atoms with van der Waals surface area (Å²) >= 11 is 0. The minimum atomic E-state index is -1.56. The fourth-order valence-electron chi connectivity index (χ4n) is 15.0. The number of allylic oxidation sites excluding steroid dienone is 2. The van der Waals surface area contributed by atoms with E-state index in [1.807, 2.05) is 71.6 Å². The van der Waals surface area contributed by atoms with Crippen molar-refractivity contribution in [1.29, 1.82) is 5.26 Å². The SMILES string of the molecule is COc1ccc(C(OC[C@@H]2C[C@@H](OP(OCCC#N)N(C(C)C)C(C)C)CN2C(=O)CO/N=C2\CC[C@@]3(C)C(=CC[C@H]4[C@@H]5CC[C@H]([C@H](C)CCCC(C)C)[C@@]5(C)CC[C@@H]43)C2)(c2ccccc2)c2ccc(OC)cc2)cc1. The van der Waals surface area contributed by atoms with Crippen LogP contribution in [0.1, 0.15) is 162 Å². The first-order valence-electron chi connectivity index (χ1n) is 29.0. The van der Waals surface area contributed by atoms with E-state index in [-0.39, 0.29) is 61.8 Å². The zero-order valence-corrected chi connectivity index (χ0v) is 48.9. The molecule has 0 N–H and O–H groups in total. The Labute approximate surface area is 458 Å². The van der Waals surface area contributed by atoms with Gasteiger partial charge in [-0.25, -0.2) is 4.67 Å². The van der Waals surface area contributed by atoms with Crippen LogP contribution in [0.4, 0.5) is 0 Å². The molecule has 1 saturated heterocycles. The average Bonchev–Trinajstić information content (AvgIpc) is 4.18. The highest BCUT2D eigenvalue weighted by molar-refractivity contribution is 7.44. The van der Waals surface area contributed by atoms with Gasteiger partial charge in [0.2, 0.25) is 0 Å². The first-order valence-corrected chi connectivity index (χ1v) is 30.1. The number of hydrogen-bond donors (Lipinski definition) is 0. The maximum Gasteiger partial charge on any atom is 0.263 e. The number of likely N-dealkylation sites (tertiary alicyclic amines) is 1. The number of nitriles is 1. The molecule has 11 nitrogen and oxygen atoms in total. The lowest BCUT2D eigenvalue weighted by Crippen LogP contribution is -2.50. The smallest absolute Gasteiger partial charge is 0.263 e. The zero-order chi connectivity index (χ0) is 54.2. The zero-order valence-electron chi connectivity index (χ0n) is 48.0. The second-order valence-electron chi connectivity index (χ2n) is 24.4. The Morgan fingerprint density at radius 2 is 1.51 bits per heavy atom. The molecule has 1 heterocycles. The van der Waals surface area contributed by atoms with Crippen molar-refractivity contribution in [2.75, 3.05) is 40.6 Å². The third-order valence-corrected chi connectivity index (χ3v) is 21.0. The number of rotatable bonds is 24. The van der Waals surface area contributed by atoms with Gasteiger partial charge in [0.1, 0.15) is 17.1 Å². The molecular weight excluding hydrogens is 968 g/mol. The van der Waals surface area contributed by atoms with Gasteiger partial charge < -0.3 is 33.0 Å². The summed E-state index contributed by atoms with van der Waals surface area (Å²) in [6.07, 6.45) is 16.5. The van der Waals surface area contributed by atoms with Crippen LogP contribution in [0.25, 0.3) is 0 Å². The van der Waals surface area contributed by atoms with Gasteiger partial charge in [0.15, 0.2) is 6.61 Å². The number of fused-ring (bicyclic) bond motifs is 5. The molecule has 0 bridgehead atoms. The normalized spacial score (nSPS) is 27.7. The first kappa shape index (κ1) is 57.9. The Hall–Kier alpha value is -4.30. The monoisotopic (exact) mass is 1060 g/mol. The molecule has 0 spiro atoms. The van der Waals surface area contributed by atoms with Crippen molar-refractivity contribution in [2.24, 2.45) is 51.5 Å². The fraction of sp³-hybridized carbons (Fsp3) is 0.641. The molecule has 76 heavy (non-hydrogen) atoms. The van der Waals surface area contributed by atoms with Gasteiger partial charge in [-0.3, -0.25) is 4.79 Å². The minimum Gasteiger partial charge on any atom is -0.497 e. The number of ether oxygens (including phenoxy) is 3. The summed E-state index contributed by atoms with van der Waals surface area (Å²) in [4.78, 5) is 22.8. The molecule has 1 unspecified atom stereocenters. The van der Waals surface area contributed by atoms with E-state index in [0.29, 0.717) is 18.4 Å². The fourth-order valence-corrected chi connectivity index (χ4v) is 16.7. The Kier molecular flexibility index (Phi) is 19.5. The van der Waals surface area contributed by atoms with Crippen LogP contribution in [-0.2, 0) is 29.0 Å². The van der Waals surface area contributed by atoms with Crippen LogP contribution in [0.15, 0.2) is 95.7 Å². The summed E-state index contributed by atoms with van der Waals surface area (Å²) < 4.78 is 34.3. The average molecular weight is 1060 g/mol. The van der Waals surface area contributed by atoms with Crippen LogP contribution in [0, 0.1) is 57.7 Å². The molecular formula is C64H91N4O7P. The van der Waals surface area contributed by atoms with E-state index in [9.17, 15) is 10.1 Å². The van der Waals surface area contributed by atoms with Crippen LogP contribution in [0.5, 0.6) is 11.5 Å². The van der Waals surface area contributed by atoms with Gasteiger partial charge in [-0.05, 0) is 166 Å². The van der Waals surface area contributed by atoms with Crippen LogP contribution >= 0.6 is 8.53 Å². The molecule has 1 aliphatic heterocycles. The number of methoxy groups -OCH3 is 2. The minimum absolute atomic E-state index is 0.125. The van der Waals surface area contributed by atoms with Crippen molar-refractivity contribution in [1.82, 2.24) is 9.57 Å². The highest BCUT2D eigenvalue weighted by Gasteiger charge is 2.59. The standard InChI is InChI=1S/C64H91N4O7P/c1-44(2)17-15-18-47(7)58-31-32-59-57-30-25-51-39-52(33-35-62(51,8)60(57)34-36-63(58,59)9)66-73-43-61(69)67-41-56(75-76(74-38-16-37-65)68(45(3)4)46(5)6)40-53(67)42-72-64(48-19-13-12-14-20-48,49-21-26-54(70-10)27-22-49)50-23-28-55(71-11)29-24-50/h12-14,19-29,44-47,53,56-60H,15-18,30-36,38-43H2,1-11H3/b66-52+/t47-,53+,56-,57+,58-,59+,60+,62+,63-,76?/m1/s1. The number of carbonyl (C=O) groups excluding carboxylic acids is 1. The molecule has 3 aromatic rings. The third-order valence-electron chi connectivity index (χ3n) is 18.8. The largest absolute Gasteiger partial charge is 0.497 e. The van der Waals surface area contributed by atoms with Crippen molar-refractivity contribution in [2.45, 2.75) is 176 Å². The molecule has 4 aliphatic carbocycles. The maximum absolute atomic E-state index is 14.8. The lowest BCUT2D eigenvalue weighted by atomic mass is 9.47. The Morgan fingerprint density at radius 1 is 0.855 bits per heavy atom. The molecule has 5 aliphatic rings. The lowest BCUT2D eigenvalue weighted by Gasteiger charge is -2.58. The van der Waals surface area contributed by atoms with Gasteiger partial charge in [-0.15, -0.1) is 0 Å². The van der Waals surface area contributed by atoms with Crippen LogP contribution in [0.2, 0.25) is 0 Å². The molecule has 8 rings (SSSR count). The van der Waals surface area contributed by atoms with Gasteiger partial charge in [0.05, 0.1) is 57.8 Å². The molecule has 10 atom stereocenters. The summed E-state index contributed by atoms with van der Waals surface area (Å²) in [7, 11) is 1.77. The third kappa shape index (κ3) is 12.4. The van der Waals surface area contributed by atoms with E-state index in [1.54, 1.807) is 14.2 Å². The van der Waals surface area contributed by atoms with Crippen molar-refractivity contribution in [3.05, 3.63) is 107 Å². The topological polar surface area (TPSA) is 115 Å². The van der Waals surface area contributed by atoms with Gasteiger partial charge in [-0.1, -0.05) is 125 Å². The van der Waals surface area contributed by atoms with Crippen LogP contribution < -0.4 is 9.47 Å². The van der Waals surface area contributed by atoms with Gasteiger partial charge in [0.25, 0.3) is 14.4 Å². The predicted molar refractivity (Wildman–Crippen MR) is 305 cm³/mol. The lowest BCUT2D eigenvalue weighted by molar-refractivity contribution is -0.139. The maximum atomic E-state index is 14.8. The van der Waals surface area contributed by atoms with Crippen molar-refractivity contribution in [3.63, 3.8) is 0 Å². The molecule has 414 valence electrons. The molecule has 3 aromatic carbocycles. The van der Waals surface area contributed by atoms with Gasteiger partial charge in [-0.2, -0.15) is 5.26 Å². The summed E-state index contributed by atoms with van der Waals surface area (Å²) in [5.41, 5.74) is 4.88. The van der Waals surface area contributed by atoms with Crippen LogP contribution in [0.3, 0.4) is 0 Å². The number of benzene rings is 3. The predicted octanol–water partition coefficient (Wildman–Crippen LogP) is 14.7. The molecule has 3 saturated carbocycles. The molecule has 12 heteroatoms. The van der Waals surface area contributed by atoms with Crippen molar-refractivity contribution < 1.29 is 32.9 Å². The quantitative estimate of drug-likeness (QED) is 0.0284. The second kappa shape index (κ2) is 25.7. The van der Waals surface area contributed by atoms with Crippen LogP contribution in [-0.4, -0.2) is 86.0 Å². The number of amides is 1. The number of carbonyl (C=O) groups is 1. The molecule has 4 fully saturated rings. The van der Waals surface area contributed by atoms with Crippen molar-refractivity contribution >= 4 is 20.1 Å². The number of oxime groups is 1. The summed E-state index contributed by atoms with van der Waals surface area (Å²) in [5.74, 6) is 6.05. The van der Waals surface area contributed by atoms with E-state index in [1.165, 1.54) is 56.9 Å².